The number of carbonyl (C=O) groups is 1. The Morgan fingerprint density at radius 3 is 2.33 bits per heavy atom. The Morgan fingerprint density at radius 1 is 1.15 bits per heavy atom. The Balaban J connectivity index is 2.09. The van der Waals surface area contributed by atoms with Crippen molar-refractivity contribution in [1.29, 1.82) is 0 Å². The zero-order valence-electron chi connectivity index (χ0n) is 17.3. The lowest BCUT2D eigenvalue weighted by Gasteiger charge is -2.40. The van der Waals surface area contributed by atoms with E-state index < -0.39 is 5.60 Å². The number of halogens is 1. The molecular weight excluding hydrogens is 410 g/mol. The van der Waals surface area contributed by atoms with E-state index in [9.17, 15) is 4.79 Å². The van der Waals surface area contributed by atoms with Gasteiger partial charge < -0.3 is 14.2 Å². The normalized spacial score (nSPS) is 21.2. The molecule has 2 rings (SSSR count). The van der Waals surface area contributed by atoms with Crippen LogP contribution in [0.2, 0.25) is 0 Å². The summed E-state index contributed by atoms with van der Waals surface area (Å²) in [6.07, 6.45) is 0.269. The van der Waals surface area contributed by atoms with Crippen molar-refractivity contribution in [2.75, 3.05) is 19.8 Å². The third kappa shape index (κ3) is 7.80. The van der Waals surface area contributed by atoms with Crippen LogP contribution in [-0.2, 0) is 20.6 Å². The molecular formula is C21H32BrNO4. The minimum atomic E-state index is -0.533. The van der Waals surface area contributed by atoms with Crippen molar-refractivity contribution in [2.24, 2.45) is 0 Å². The number of amides is 1. The van der Waals surface area contributed by atoms with E-state index in [1.54, 1.807) is 4.90 Å². The molecule has 1 fully saturated rings. The Bertz CT molecular complexity index is 619. The predicted molar refractivity (Wildman–Crippen MR) is 110 cm³/mol. The molecule has 1 heterocycles. The second-order valence-electron chi connectivity index (χ2n) is 9.00. The van der Waals surface area contributed by atoms with Crippen LogP contribution in [0.5, 0.6) is 0 Å². The van der Waals surface area contributed by atoms with Gasteiger partial charge in [-0.1, -0.05) is 28.1 Å². The van der Waals surface area contributed by atoms with Gasteiger partial charge in [0.1, 0.15) is 5.60 Å². The number of nitrogens with zero attached hydrogens (tertiary/aromatic N) is 1. The van der Waals surface area contributed by atoms with E-state index in [0.29, 0.717) is 19.8 Å². The summed E-state index contributed by atoms with van der Waals surface area (Å²) in [5, 5.41) is 0. The molecule has 6 heteroatoms. The van der Waals surface area contributed by atoms with Crippen molar-refractivity contribution in [2.45, 2.75) is 71.3 Å². The first-order chi connectivity index (χ1) is 12.4. The van der Waals surface area contributed by atoms with Gasteiger partial charge in [0.05, 0.1) is 37.5 Å². The van der Waals surface area contributed by atoms with Gasteiger partial charge in [-0.2, -0.15) is 0 Å². The molecule has 0 aliphatic carbocycles. The molecule has 27 heavy (non-hydrogen) atoms. The van der Waals surface area contributed by atoms with Crippen LogP contribution in [-0.4, -0.2) is 54.1 Å². The van der Waals surface area contributed by atoms with Crippen molar-refractivity contribution in [1.82, 2.24) is 4.90 Å². The Labute approximate surface area is 171 Å². The van der Waals surface area contributed by atoms with Crippen molar-refractivity contribution in [3.05, 3.63) is 34.3 Å². The molecule has 0 radical (unpaired) electrons. The third-order valence-corrected chi connectivity index (χ3v) is 4.61. The van der Waals surface area contributed by atoms with E-state index in [4.69, 9.17) is 14.2 Å². The van der Waals surface area contributed by atoms with Crippen LogP contribution in [0.4, 0.5) is 4.79 Å². The molecule has 1 aliphatic rings. The third-order valence-electron chi connectivity index (χ3n) is 4.08. The van der Waals surface area contributed by atoms with E-state index in [0.717, 1.165) is 16.5 Å². The molecule has 0 spiro atoms. The maximum atomic E-state index is 12.8. The van der Waals surface area contributed by atoms with Gasteiger partial charge in [0.2, 0.25) is 0 Å². The lowest BCUT2D eigenvalue weighted by atomic mass is 10.0. The average molecular weight is 442 g/mol. The van der Waals surface area contributed by atoms with Crippen LogP contribution in [0.25, 0.3) is 0 Å². The van der Waals surface area contributed by atoms with Crippen LogP contribution in [0.3, 0.4) is 0 Å². The minimum Gasteiger partial charge on any atom is -0.444 e. The summed E-state index contributed by atoms with van der Waals surface area (Å²) in [6.45, 7) is 13.1. The summed E-state index contributed by atoms with van der Waals surface area (Å²) >= 11 is 3.46. The van der Waals surface area contributed by atoms with E-state index in [1.807, 2.05) is 53.7 Å². The SMILES string of the molecule is CC(C)(C)OC[C@H]1CN(C(=O)OC(C)(C)C)[C@@H](Cc2ccc(Br)cc2)CO1. The fourth-order valence-corrected chi connectivity index (χ4v) is 3.07. The van der Waals surface area contributed by atoms with Gasteiger partial charge >= 0.3 is 6.09 Å². The largest absolute Gasteiger partial charge is 0.444 e. The zero-order valence-corrected chi connectivity index (χ0v) is 18.8. The standard InChI is InChI=1S/C21H32BrNO4/c1-20(2,3)26-14-18-12-23(19(24)27-21(4,5)6)17(13-25-18)11-15-7-9-16(22)10-8-15/h7-10,17-18H,11-14H2,1-6H3/t17-,18+/m0/s1. The summed E-state index contributed by atoms with van der Waals surface area (Å²) in [5.74, 6) is 0. The van der Waals surface area contributed by atoms with Gasteiger partial charge in [0.15, 0.2) is 0 Å². The van der Waals surface area contributed by atoms with E-state index in [-0.39, 0.29) is 23.8 Å². The first-order valence-electron chi connectivity index (χ1n) is 9.42. The van der Waals surface area contributed by atoms with Gasteiger partial charge in [-0.15, -0.1) is 0 Å². The monoisotopic (exact) mass is 441 g/mol. The maximum Gasteiger partial charge on any atom is 0.410 e. The Hall–Kier alpha value is -1.11. The van der Waals surface area contributed by atoms with Crippen molar-refractivity contribution in [3.8, 4) is 0 Å². The van der Waals surface area contributed by atoms with E-state index >= 15 is 0 Å². The molecule has 1 aromatic rings. The summed E-state index contributed by atoms with van der Waals surface area (Å²) in [4.78, 5) is 14.6. The predicted octanol–water partition coefficient (Wildman–Crippen LogP) is 4.81. The molecule has 0 saturated carbocycles. The van der Waals surface area contributed by atoms with Crippen molar-refractivity contribution >= 4 is 22.0 Å². The highest BCUT2D eigenvalue weighted by atomic mass is 79.9. The highest BCUT2D eigenvalue weighted by molar-refractivity contribution is 9.10. The highest BCUT2D eigenvalue weighted by Gasteiger charge is 2.35. The van der Waals surface area contributed by atoms with Crippen LogP contribution in [0.1, 0.15) is 47.1 Å². The second kappa shape index (κ2) is 8.93. The minimum absolute atomic E-state index is 0.0630. The summed E-state index contributed by atoms with van der Waals surface area (Å²) in [7, 11) is 0. The molecule has 2 atom stereocenters. The maximum absolute atomic E-state index is 12.8. The number of rotatable bonds is 4. The Morgan fingerprint density at radius 2 is 1.78 bits per heavy atom. The zero-order chi connectivity index (χ0) is 20.2. The molecule has 5 nitrogen and oxygen atoms in total. The molecule has 152 valence electrons. The molecule has 0 N–H and O–H groups in total. The van der Waals surface area contributed by atoms with Crippen LogP contribution in [0.15, 0.2) is 28.7 Å². The second-order valence-corrected chi connectivity index (χ2v) is 9.91. The summed E-state index contributed by atoms with van der Waals surface area (Å²) in [6, 6.07) is 8.08. The number of hydrogen-bond donors (Lipinski definition) is 0. The molecule has 1 aromatic carbocycles. The smallest absolute Gasteiger partial charge is 0.410 e. The summed E-state index contributed by atoms with van der Waals surface area (Å²) in [5.41, 5.74) is 0.383. The quantitative estimate of drug-likeness (QED) is 0.672. The van der Waals surface area contributed by atoms with Crippen molar-refractivity contribution in [3.63, 3.8) is 0 Å². The van der Waals surface area contributed by atoms with Gasteiger partial charge in [0, 0.05) is 4.47 Å². The van der Waals surface area contributed by atoms with E-state index in [2.05, 4.69) is 28.1 Å². The summed E-state index contributed by atoms with van der Waals surface area (Å²) < 4.78 is 18.5. The molecule has 1 saturated heterocycles. The lowest BCUT2D eigenvalue weighted by molar-refractivity contribution is -0.118. The Kier molecular flexibility index (Phi) is 7.33. The van der Waals surface area contributed by atoms with E-state index in [1.165, 1.54) is 0 Å². The molecule has 0 bridgehead atoms. The first-order valence-corrected chi connectivity index (χ1v) is 10.2. The molecule has 0 unspecified atom stereocenters. The topological polar surface area (TPSA) is 48.0 Å². The molecule has 1 aliphatic heterocycles. The first kappa shape index (κ1) is 22.2. The fourth-order valence-electron chi connectivity index (χ4n) is 2.81. The highest BCUT2D eigenvalue weighted by Crippen LogP contribution is 2.22. The van der Waals surface area contributed by atoms with Crippen LogP contribution in [0, 0.1) is 0 Å². The average Bonchev–Trinajstić information content (AvgIpc) is 2.53. The van der Waals surface area contributed by atoms with Crippen LogP contribution < -0.4 is 0 Å². The number of hydrogen-bond acceptors (Lipinski definition) is 4. The van der Waals surface area contributed by atoms with Gasteiger partial charge in [-0.3, -0.25) is 4.90 Å². The molecule has 1 amide bonds. The number of carbonyl (C=O) groups excluding carboxylic acids is 1. The van der Waals surface area contributed by atoms with Gasteiger partial charge in [-0.05, 0) is 65.7 Å². The van der Waals surface area contributed by atoms with Gasteiger partial charge in [-0.25, -0.2) is 4.79 Å². The molecule has 0 aromatic heterocycles. The number of ether oxygens (including phenoxy) is 3. The van der Waals surface area contributed by atoms with Crippen molar-refractivity contribution < 1.29 is 19.0 Å². The number of morpholine rings is 1. The fraction of sp³-hybridized carbons (Fsp3) is 0.667. The van der Waals surface area contributed by atoms with Gasteiger partial charge in [0.25, 0.3) is 0 Å². The van der Waals surface area contributed by atoms with Crippen LogP contribution >= 0.6 is 15.9 Å². The lowest BCUT2D eigenvalue weighted by Crippen LogP contribution is -2.55. The number of benzene rings is 1.